The first-order chi connectivity index (χ1) is 13.2. The van der Waals surface area contributed by atoms with Crippen molar-refractivity contribution in [3.8, 4) is 5.75 Å². The molecule has 1 aromatic carbocycles. The van der Waals surface area contributed by atoms with Crippen molar-refractivity contribution in [2.75, 3.05) is 33.3 Å². The van der Waals surface area contributed by atoms with Gasteiger partial charge in [-0.1, -0.05) is 19.9 Å². The zero-order valence-electron chi connectivity index (χ0n) is 16.6. The van der Waals surface area contributed by atoms with Crippen LogP contribution in [0.25, 0.3) is 0 Å². The van der Waals surface area contributed by atoms with Gasteiger partial charge in [-0.2, -0.15) is 4.31 Å². The highest BCUT2D eigenvalue weighted by atomic mass is 32.2. The highest BCUT2D eigenvalue weighted by Gasteiger charge is 2.65. The Balaban J connectivity index is 1.56. The monoisotopic (exact) mass is 408 g/mol. The van der Waals surface area contributed by atoms with Gasteiger partial charge in [-0.3, -0.25) is 4.79 Å². The van der Waals surface area contributed by atoms with Crippen LogP contribution in [-0.2, 0) is 14.8 Å². The number of rotatable bonds is 5. The van der Waals surface area contributed by atoms with Crippen molar-refractivity contribution >= 4 is 15.9 Å². The molecule has 3 aliphatic rings. The van der Waals surface area contributed by atoms with Crippen LogP contribution in [0.4, 0.5) is 0 Å². The minimum atomic E-state index is -3.40. The molecule has 7 nitrogen and oxygen atoms in total. The lowest BCUT2D eigenvalue weighted by molar-refractivity contribution is -0.0977. The minimum absolute atomic E-state index is 0.106. The fourth-order valence-corrected chi connectivity index (χ4v) is 6.97. The molecular weight excluding hydrogens is 380 g/mol. The highest BCUT2D eigenvalue weighted by molar-refractivity contribution is 7.90. The molecule has 8 heteroatoms. The summed E-state index contributed by atoms with van der Waals surface area (Å²) >= 11 is 0. The van der Waals surface area contributed by atoms with E-state index in [4.69, 9.17) is 9.47 Å². The summed E-state index contributed by atoms with van der Waals surface area (Å²) < 4.78 is 39.2. The molecule has 2 bridgehead atoms. The number of amides is 1. The second-order valence-corrected chi connectivity index (χ2v) is 10.6. The van der Waals surface area contributed by atoms with Crippen LogP contribution in [0.15, 0.2) is 24.3 Å². The molecule has 1 amide bonds. The standard InChI is InChI=1S/C20H28N2O5S/c1-14(2)7-8-22-13-20-12-21(11-17(27-20)10-18(20)28(22,24)25)19(23)15-5-4-6-16(9-15)26-3/h4-6,9,14,17-18H,7-8,10-13H2,1-3H3/t17-,18+,20+/m1/s1. The molecule has 28 heavy (non-hydrogen) atoms. The van der Waals surface area contributed by atoms with Crippen LogP contribution < -0.4 is 4.74 Å². The summed E-state index contributed by atoms with van der Waals surface area (Å²) in [5, 5.41) is -0.555. The number of fused-ring (bicyclic) bond motifs is 1. The molecule has 4 rings (SSSR count). The Labute approximate surface area is 166 Å². The van der Waals surface area contributed by atoms with E-state index in [1.807, 2.05) is 0 Å². The van der Waals surface area contributed by atoms with E-state index in [1.165, 1.54) is 0 Å². The average Bonchev–Trinajstić information content (AvgIpc) is 3.04. The third-order valence-corrected chi connectivity index (χ3v) is 8.44. The van der Waals surface area contributed by atoms with Gasteiger partial charge in [-0.15, -0.1) is 0 Å². The Morgan fingerprint density at radius 2 is 2.14 bits per heavy atom. The topological polar surface area (TPSA) is 76.2 Å². The van der Waals surface area contributed by atoms with Crippen LogP contribution >= 0.6 is 0 Å². The van der Waals surface area contributed by atoms with E-state index in [2.05, 4.69) is 13.8 Å². The van der Waals surface area contributed by atoms with E-state index in [1.54, 1.807) is 40.6 Å². The largest absolute Gasteiger partial charge is 0.497 e. The Bertz CT molecular complexity index is 871. The Morgan fingerprint density at radius 3 is 2.86 bits per heavy atom. The summed E-state index contributed by atoms with van der Waals surface area (Å²) in [4.78, 5) is 14.8. The molecule has 0 aromatic heterocycles. The summed E-state index contributed by atoms with van der Waals surface area (Å²) in [7, 11) is -1.83. The molecule has 154 valence electrons. The molecule has 0 saturated carbocycles. The maximum absolute atomic E-state index is 13.1. The Kier molecular flexibility index (Phi) is 4.92. The SMILES string of the molecule is COc1cccc(C(=O)N2C[C@H]3C[C@H]4[C@](C2)(CN(CCC(C)C)S4(=O)=O)O3)c1. The number of carbonyl (C=O) groups excluding carboxylic acids is 1. The number of methoxy groups -OCH3 is 1. The number of ether oxygens (including phenoxy) is 2. The fraction of sp³-hybridized carbons (Fsp3) is 0.650. The number of carbonyl (C=O) groups is 1. The van der Waals surface area contributed by atoms with Crippen LogP contribution in [0.5, 0.6) is 5.75 Å². The van der Waals surface area contributed by atoms with Gasteiger partial charge < -0.3 is 14.4 Å². The van der Waals surface area contributed by atoms with Gasteiger partial charge in [0.25, 0.3) is 5.91 Å². The third kappa shape index (κ3) is 3.21. The molecule has 0 unspecified atom stereocenters. The molecule has 3 fully saturated rings. The van der Waals surface area contributed by atoms with E-state index in [0.717, 1.165) is 6.42 Å². The molecule has 3 heterocycles. The molecule has 3 saturated heterocycles. The number of hydrogen-bond donors (Lipinski definition) is 0. The van der Waals surface area contributed by atoms with Gasteiger partial charge in [0.05, 0.1) is 19.8 Å². The molecule has 1 spiro atoms. The molecule has 1 aromatic rings. The summed E-state index contributed by atoms with van der Waals surface area (Å²) in [6, 6.07) is 7.06. The number of sulfonamides is 1. The third-order valence-electron chi connectivity index (χ3n) is 6.07. The van der Waals surface area contributed by atoms with Gasteiger partial charge >= 0.3 is 0 Å². The Morgan fingerprint density at radius 1 is 1.36 bits per heavy atom. The summed E-state index contributed by atoms with van der Waals surface area (Å²) in [5.41, 5.74) is -0.265. The normalized spacial score (nSPS) is 31.2. The second kappa shape index (κ2) is 7.00. The summed E-state index contributed by atoms with van der Waals surface area (Å²) in [6.07, 6.45) is 1.05. The molecular formula is C20H28N2O5S. The number of morpholine rings is 1. The summed E-state index contributed by atoms with van der Waals surface area (Å²) in [5.74, 6) is 0.950. The van der Waals surface area contributed by atoms with Crippen molar-refractivity contribution in [3.63, 3.8) is 0 Å². The molecule has 3 aliphatic heterocycles. The van der Waals surface area contributed by atoms with Crippen LogP contribution in [-0.4, -0.2) is 73.8 Å². The van der Waals surface area contributed by atoms with Crippen LogP contribution in [0, 0.1) is 5.92 Å². The van der Waals surface area contributed by atoms with E-state index < -0.39 is 20.9 Å². The number of benzene rings is 1. The molecule has 3 atom stereocenters. The lowest BCUT2D eigenvalue weighted by Crippen LogP contribution is -2.56. The number of likely N-dealkylation sites (tertiary alicyclic amines) is 1. The van der Waals surface area contributed by atoms with E-state index >= 15 is 0 Å². The number of hydrogen-bond acceptors (Lipinski definition) is 5. The van der Waals surface area contributed by atoms with Crippen molar-refractivity contribution in [2.45, 2.75) is 43.6 Å². The van der Waals surface area contributed by atoms with E-state index in [9.17, 15) is 13.2 Å². The first-order valence-corrected chi connectivity index (χ1v) is 11.4. The molecule has 0 N–H and O–H groups in total. The van der Waals surface area contributed by atoms with Gasteiger partial charge in [0, 0.05) is 25.2 Å². The second-order valence-electron chi connectivity index (χ2n) is 8.51. The van der Waals surface area contributed by atoms with Gasteiger partial charge in [0.2, 0.25) is 10.0 Å². The van der Waals surface area contributed by atoms with Gasteiger partial charge in [0.1, 0.15) is 16.6 Å². The molecule has 0 aliphatic carbocycles. The van der Waals surface area contributed by atoms with Gasteiger partial charge in [-0.05, 0) is 37.0 Å². The van der Waals surface area contributed by atoms with Crippen LogP contribution in [0.1, 0.15) is 37.0 Å². The van der Waals surface area contributed by atoms with Crippen molar-refractivity contribution in [1.82, 2.24) is 9.21 Å². The van der Waals surface area contributed by atoms with Crippen LogP contribution in [0.2, 0.25) is 0 Å². The predicted octanol–water partition coefficient (Wildman–Crippen LogP) is 1.74. The van der Waals surface area contributed by atoms with E-state index in [0.29, 0.717) is 49.8 Å². The quantitative estimate of drug-likeness (QED) is 0.742. The average molecular weight is 409 g/mol. The van der Waals surface area contributed by atoms with Crippen LogP contribution in [0.3, 0.4) is 0 Å². The zero-order chi connectivity index (χ0) is 20.1. The fourth-order valence-electron chi connectivity index (χ4n) is 4.65. The minimum Gasteiger partial charge on any atom is -0.497 e. The first kappa shape index (κ1) is 19.7. The first-order valence-electron chi connectivity index (χ1n) is 9.85. The van der Waals surface area contributed by atoms with Gasteiger partial charge in [0.15, 0.2) is 0 Å². The smallest absolute Gasteiger partial charge is 0.254 e. The Hall–Kier alpha value is -1.64. The maximum Gasteiger partial charge on any atom is 0.254 e. The van der Waals surface area contributed by atoms with Crippen molar-refractivity contribution in [1.29, 1.82) is 0 Å². The maximum atomic E-state index is 13.1. The van der Waals surface area contributed by atoms with Crippen molar-refractivity contribution in [2.24, 2.45) is 5.92 Å². The summed E-state index contributed by atoms with van der Waals surface area (Å²) in [6.45, 7) is 5.76. The predicted molar refractivity (Wildman–Crippen MR) is 105 cm³/mol. The zero-order valence-corrected chi connectivity index (χ0v) is 17.4. The van der Waals surface area contributed by atoms with Gasteiger partial charge in [-0.25, -0.2) is 8.42 Å². The van der Waals surface area contributed by atoms with E-state index in [-0.39, 0.29) is 12.0 Å². The lowest BCUT2D eigenvalue weighted by Gasteiger charge is -2.39. The van der Waals surface area contributed by atoms with Crippen molar-refractivity contribution < 1.29 is 22.7 Å². The lowest BCUT2D eigenvalue weighted by atomic mass is 9.98. The number of nitrogens with zero attached hydrogens (tertiary/aromatic N) is 2. The molecule has 0 radical (unpaired) electrons. The highest BCUT2D eigenvalue weighted by Crippen LogP contribution is 2.46. The van der Waals surface area contributed by atoms with Crippen molar-refractivity contribution in [3.05, 3.63) is 29.8 Å².